The van der Waals surface area contributed by atoms with Crippen molar-refractivity contribution in [3.63, 3.8) is 0 Å². The van der Waals surface area contributed by atoms with Crippen molar-refractivity contribution in [2.45, 2.75) is 12.0 Å². The van der Waals surface area contributed by atoms with Gasteiger partial charge in [0.2, 0.25) is 0 Å². The second kappa shape index (κ2) is 2.73. The Labute approximate surface area is 66.6 Å². The third-order valence-electron chi connectivity index (χ3n) is 2.00. The van der Waals surface area contributed by atoms with Crippen molar-refractivity contribution >= 4 is 9.84 Å². The number of ether oxygens (including phenoxy) is 1. The van der Waals surface area contributed by atoms with Crippen LogP contribution < -0.4 is 5.73 Å². The first-order valence-corrected chi connectivity index (χ1v) is 5.31. The van der Waals surface area contributed by atoms with Crippen LogP contribution in [0.15, 0.2) is 0 Å². The molecule has 0 aromatic carbocycles. The van der Waals surface area contributed by atoms with Crippen molar-refractivity contribution in [3.05, 3.63) is 0 Å². The van der Waals surface area contributed by atoms with Crippen molar-refractivity contribution in [3.8, 4) is 0 Å². The molecule has 11 heavy (non-hydrogen) atoms. The van der Waals surface area contributed by atoms with Crippen LogP contribution in [-0.2, 0) is 14.6 Å². The Morgan fingerprint density at radius 1 is 1.55 bits per heavy atom. The van der Waals surface area contributed by atoms with Crippen LogP contribution in [0.4, 0.5) is 0 Å². The minimum Gasteiger partial charge on any atom is -0.376 e. The molecule has 0 bridgehead atoms. The first kappa shape index (κ1) is 8.96. The van der Waals surface area contributed by atoms with E-state index in [4.69, 9.17) is 10.5 Å². The standard InChI is InChI=1S/C6H13NO3S/c1-10-6(2-3-7)4-11(8,9)5-6/h2-5,7H2,1H3. The molecule has 66 valence electrons. The molecule has 0 aromatic heterocycles. The predicted octanol–water partition coefficient (Wildman–Crippen LogP) is -0.851. The molecule has 1 saturated heterocycles. The second-order valence-electron chi connectivity index (χ2n) is 2.96. The van der Waals surface area contributed by atoms with E-state index in [0.29, 0.717) is 13.0 Å². The molecule has 1 heterocycles. The zero-order valence-electron chi connectivity index (χ0n) is 6.54. The lowest BCUT2D eigenvalue weighted by Gasteiger charge is -2.39. The quantitative estimate of drug-likeness (QED) is 0.612. The molecule has 0 spiro atoms. The maximum atomic E-state index is 10.8. The molecule has 5 heteroatoms. The molecule has 1 aliphatic heterocycles. The average Bonchev–Trinajstić information content (AvgIpc) is 1.84. The molecule has 4 nitrogen and oxygen atoms in total. The molecule has 0 aromatic rings. The third-order valence-corrected chi connectivity index (χ3v) is 3.93. The third kappa shape index (κ3) is 1.72. The molecule has 0 aliphatic carbocycles. The summed E-state index contributed by atoms with van der Waals surface area (Å²) < 4.78 is 26.7. The van der Waals surface area contributed by atoms with Crippen molar-refractivity contribution < 1.29 is 13.2 Å². The lowest BCUT2D eigenvalue weighted by molar-refractivity contribution is 0.0109. The summed E-state index contributed by atoms with van der Waals surface area (Å²) in [7, 11) is -1.27. The minimum atomic E-state index is -2.80. The lowest BCUT2D eigenvalue weighted by atomic mass is 10.0. The Balaban J connectivity index is 2.56. The van der Waals surface area contributed by atoms with Gasteiger partial charge in [0, 0.05) is 7.11 Å². The smallest absolute Gasteiger partial charge is 0.156 e. The van der Waals surface area contributed by atoms with E-state index in [1.807, 2.05) is 0 Å². The van der Waals surface area contributed by atoms with Gasteiger partial charge in [-0.1, -0.05) is 0 Å². The van der Waals surface area contributed by atoms with Crippen molar-refractivity contribution in [1.29, 1.82) is 0 Å². The van der Waals surface area contributed by atoms with E-state index in [0.717, 1.165) is 0 Å². The molecule has 0 atom stereocenters. The Morgan fingerprint density at radius 3 is 2.36 bits per heavy atom. The van der Waals surface area contributed by atoms with E-state index in [-0.39, 0.29) is 11.5 Å². The van der Waals surface area contributed by atoms with E-state index >= 15 is 0 Å². The zero-order chi connectivity index (χ0) is 8.54. The van der Waals surface area contributed by atoms with Gasteiger partial charge in [-0.2, -0.15) is 0 Å². The van der Waals surface area contributed by atoms with Gasteiger partial charge in [0.25, 0.3) is 0 Å². The molecular weight excluding hydrogens is 166 g/mol. The van der Waals surface area contributed by atoms with Crippen LogP contribution in [-0.4, -0.2) is 39.2 Å². The monoisotopic (exact) mass is 179 g/mol. The fourth-order valence-electron chi connectivity index (χ4n) is 1.39. The number of hydrogen-bond donors (Lipinski definition) is 1. The Kier molecular flexibility index (Phi) is 2.22. The molecule has 1 rings (SSSR count). The van der Waals surface area contributed by atoms with Gasteiger partial charge in [-0.15, -0.1) is 0 Å². The van der Waals surface area contributed by atoms with Gasteiger partial charge < -0.3 is 10.5 Å². The van der Waals surface area contributed by atoms with Crippen molar-refractivity contribution in [2.24, 2.45) is 5.73 Å². The normalized spacial score (nSPS) is 26.0. The highest BCUT2D eigenvalue weighted by molar-refractivity contribution is 7.93. The van der Waals surface area contributed by atoms with Crippen LogP contribution >= 0.6 is 0 Å². The highest BCUT2D eigenvalue weighted by Crippen LogP contribution is 2.29. The van der Waals surface area contributed by atoms with Crippen LogP contribution in [0.3, 0.4) is 0 Å². The summed E-state index contributed by atoms with van der Waals surface area (Å²) in [6.45, 7) is 0.476. The average molecular weight is 179 g/mol. The largest absolute Gasteiger partial charge is 0.376 e. The van der Waals surface area contributed by atoms with Crippen LogP contribution in [0, 0.1) is 0 Å². The van der Waals surface area contributed by atoms with Crippen molar-refractivity contribution in [2.75, 3.05) is 25.2 Å². The molecule has 2 N–H and O–H groups in total. The van der Waals surface area contributed by atoms with Crippen LogP contribution in [0.1, 0.15) is 6.42 Å². The zero-order valence-corrected chi connectivity index (χ0v) is 7.36. The van der Waals surface area contributed by atoms with Crippen LogP contribution in [0.25, 0.3) is 0 Å². The number of hydrogen-bond acceptors (Lipinski definition) is 4. The molecule has 0 amide bonds. The molecule has 0 saturated carbocycles. The summed E-state index contributed by atoms with van der Waals surface area (Å²) in [6.07, 6.45) is 0.628. The second-order valence-corrected chi connectivity index (χ2v) is 5.02. The van der Waals surface area contributed by atoms with E-state index < -0.39 is 15.4 Å². The maximum absolute atomic E-state index is 10.8. The van der Waals surface area contributed by atoms with Crippen molar-refractivity contribution in [1.82, 2.24) is 0 Å². The molecule has 0 unspecified atom stereocenters. The number of rotatable bonds is 3. The summed E-state index contributed by atoms with van der Waals surface area (Å²) in [6, 6.07) is 0. The summed E-state index contributed by atoms with van der Waals surface area (Å²) >= 11 is 0. The molecule has 0 radical (unpaired) electrons. The Morgan fingerprint density at radius 2 is 2.09 bits per heavy atom. The van der Waals surface area contributed by atoms with E-state index in [2.05, 4.69) is 0 Å². The fraction of sp³-hybridized carbons (Fsp3) is 1.00. The predicted molar refractivity (Wildman–Crippen MR) is 42.1 cm³/mol. The minimum absolute atomic E-state index is 0.133. The van der Waals surface area contributed by atoms with E-state index in [9.17, 15) is 8.42 Å². The number of nitrogens with two attached hydrogens (primary N) is 1. The van der Waals surface area contributed by atoms with Gasteiger partial charge >= 0.3 is 0 Å². The fourth-order valence-corrected chi connectivity index (χ4v) is 3.43. The Bertz CT molecular complexity index is 222. The Hall–Kier alpha value is -0.130. The van der Waals surface area contributed by atoms with Gasteiger partial charge in [-0.25, -0.2) is 8.42 Å². The molecule has 1 aliphatic rings. The maximum Gasteiger partial charge on any atom is 0.156 e. The van der Waals surface area contributed by atoms with E-state index in [1.54, 1.807) is 0 Å². The highest BCUT2D eigenvalue weighted by atomic mass is 32.2. The summed E-state index contributed by atoms with van der Waals surface area (Å²) in [5.74, 6) is 0.265. The summed E-state index contributed by atoms with van der Waals surface area (Å²) in [4.78, 5) is 0. The SMILES string of the molecule is COC1(CCN)CS(=O)(=O)C1. The van der Waals surface area contributed by atoms with Gasteiger partial charge in [0.1, 0.15) is 0 Å². The summed E-state index contributed by atoms with van der Waals surface area (Å²) in [5, 5.41) is 0. The highest BCUT2D eigenvalue weighted by Gasteiger charge is 2.48. The molecule has 1 fully saturated rings. The van der Waals surface area contributed by atoms with E-state index in [1.165, 1.54) is 7.11 Å². The lowest BCUT2D eigenvalue weighted by Crippen LogP contribution is -2.57. The number of sulfone groups is 1. The van der Waals surface area contributed by atoms with Gasteiger partial charge in [-0.05, 0) is 13.0 Å². The van der Waals surface area contributed by atoms with Crippen LogP contribution in [0.2, 0.25) is 0 Å². The summed E-state index contributed by atoms with van der Waals surface area (Å²) in [5.41, 5.74) is 4.85. The molecular formula is C6H13NO3S. The van der Waals surface area contributed by atoms with Gasteiger partial charge in [-0.3, -0.25) is 0 Å². The topological polar surface area (TPSA) is 69.4 Å². The first-order chi connectivity index (χ1) is 5.04. The first-order valence-electron chi connectivity index (χ1n) is 3.49. The van der Waals surface area contributed by atoms with Gasteiger partial charge in [0.05, 0.1) is 17.1 Å². The van der Waals surface area contributed by atoms with Crippen LogP contribution in [0.5, 0.6) is 0 Å². The number of methoxy groups -OCH3 is 1. The van der Waals surface area contributed by atoms with Gasteiger partial charge in [0.15, 0.2) is 9.84 Å².